The monoisotopic (exact) mass is 338 g/mol. The lowest BCUT2D eigenvalue weighted by Gasteiger charge is -2.16. The number of amides is 2. The first-order valence-electron chi connectivity index (χ1n) is 8.42. The first kappa shape index (κ1) is 17.0. The van der Waals surface area contributed by atoms with Crippen LogP contribution >= 0.6 is 0 Å². The molecular formula is C20H22N2O3. The van der Waals surface area contributed by atoms with Gasteiger partial charge in [-0.1, -0.05) is 12.1 Å². The van der Waals surface area contributed by atoms with Crippen LogP contribution in [0.15, 0.2) is 48.5 Å². The van der Waals surface area contributed by atoms with Crippen molar-refractivity contribution in [2.24, 2.45) is 5.92 Å². The van der Waals surface area contributed by atoms with Gasteiger partial charge in [-0.25, -0.2) is 0 Å². The second-order valence-corrected chi connectivity index (χ2v) is 6.29. The maximum atomic E-state index is 12.6. The van der Waals surface area contributed by atoms with Gasteiger partial charge in [-0.15, -0.1) is 0 Å². The van der Waals surface area contributed by atoms with E-state index in [2.05, 4.69) is 5.32 Å². The Morgan fingerprint density at radius 3 is 2.56 bits per heavy atom. The SMILES string of the molecule is CNC(=O)C1CCN(C(=O)c2ccc(Oc3cccc(C)c3)cc2)C1. The summed E-state index contributed by atoms with van der Waals surface area (Å²) in [5, 5.41) is 2.65. The highest BCUT2D eigenvalue weighted by molar-refractivity contribution is 5.95. The Kier molecular flexibility index (Phi) is 5.03. The van der Waals surface area contributed by atoms with Gasteiger partial charge >= 0.3 is 0 Å². The van der Waals surface area contributed by atoms with Crippen molar-refractivity contribution in [2.75, 3.05) is 20.1 Å². The Balaban J connectivity index is 1.64. The molecule has 1 atom stereocenters. The normalized spacial score (nSPS) is 16.6. The molecule has 1 saturated heterocycles. The molecule has 1 fully saturated rings. The molecule has 2 aromatic carbocycles. The Labute approximate surface area is 147 Å². The Morgan fingerprint density at radius 1 is 1.12 bits per heavy atom. The quantitative estimate of drug-likeness (QED) is 0.932. The van der Waals surface area contributed by atoms with Crippen LogP contribution in [0.2, 0.25) is 0 Å². The Bertz CT molecular complexity index is 771. The van der Waals surface area contributed by atoms with Gasteiger partial charge in [-0.05, 0) is 55.3 Å². The average molecular weight is 338 g/mol. The van der Waals surface area contributed by atoms with Crippen molar-refractivity contribution in [3.63, 3.8) is 0 Å². The van der Waals surface area contributed by atoms with Gasteiger partial charge in [0.25, 0.3) is 5.91 Å². The number of nitrogens with zero attached hydrogens (tertiary/aromatic N) is 1. The van der Waals surface area contributed by atoms with E-state index in [1.165, 1.54) is 0 Å². The summed E-state index contributed by atoms with van der Waals surface area (Å²) in [6.07, 6.45) is 0.708. The molecule has 25 heavy (non-hydrogen) atoms. The van der Waals surface area contributed by atoms with E-state index in [4.69, 9.17) is 4.74 Å². The minimum absolute atomic E-state index is 0.00259. The van der Waals surface area contributed by atoms with Crippen molar-refractivity contribution >= 4 is 11.8 Å². The summed E-state index contributed by atoms with van der Waals surface area (Å²) < 4.78 is 5.80. The molecule has 2 aromatic rings. The lowest BCUT2D eigenvalue weighted by molar-refractivity contribution is -0.124. The molecule has 0 bridgehead atoms. The van der Waals surface area contributed by atoms with Gasteiger partial charge in [0.1, 0.15) is 11.5 Å². The van der Waals surface area contributed by atoms with Crippen LogP contribution in [-0.2, 0) is 4.79 Å². The van der Waals surface area contributed by atoms with E-state index in [1.54, 1.807) is 36.2 Å². The van der Waals surface area contributed by atoms with Crippen LogP contribution < -0.4 is 10.1 Å². The van der Waals surface area contributed by atoms with E-state index in [0.29, 0.717) is 30.8 Å². The number of nitrogens with one attached hydrogen (secondary N) is 1. The van der Waals surface area contributed by atoms with E-state index in [-0.39, 0.29) is 17.7 Å². The van der Waals surface area contributed by atoms with Gasteiger partial charge < -0.3 is 15.0 Å². The molecule has 1 unspecified atom stereocenters. The zero-order chi connectivity index (χ0) is 17.8. The third-order valence-corrected chi connectivity index (χ3v) is 4.42. The van der Waals surface area contributed by atoms with Crippen molar-refractivity contribution < 1.29 is 14.3 Å². The molecule has 1 N–H and O–H groups in total. The maximum Gasteiger partial charge on any atom is 0.253 e. The second-order valence-electron chi connectivity index (χ2n) is 6.29. The molecule has 0 spiro atoms. The molecule has 0 saturated carbocycles. The number of benzene rings is 2. The first-order chi connectivity index (χ1) is 12.1. The third kappa shape index (κ3) is 3.99. The molecule has 1 aliphatic rings. The van der Waals surface area contributed by atoms with Gasteiger partial charge in [0.05, 0.1) is 5.92 Å². The van der Waals surface area contributed by atoms with Crippen molar-refractivity contribution in [3.05, 3.63) is 59.7 Å². The number of rotatable bonds is 4. The van der Waals surface area contributed by atoms with Gasteiger partial charge in [-0.3, -0.25) is 9.59 Å². The Morgan fingerprint density at radius 2 is 1.88 bits per heavy atom. The number of likely N-dealkylation sites (tertiary alicyclic amines) is 1. The van der Waals surface area contributed by atoms with E-state index in [1.807, 2.05) is 31.2 Å². The molecule has 5 heteroatoms. The maximum absolute atomic E-state index is 12.6. The molecule has 0 aliphatic carbocycles. The van der Waals surface area contributed by atoms with Crippen molar-refractivity contribution in [3.8, 4) is 11.5 Å². The summed E-state index contributed by atoms with van der Waals surface area (Å²) >= 11 is 0. The second kappa shape index (κ2) is 7.38. The van der Waals surface area contributed by atoms with Crippen LogP contribution in [-0.4, -0.2) is 36.9 Å². The molecule has 5 nitrogen and oxygen atoms in total. The fraction of sp³-hybridized carbons (Fsp3) is 0.300. The standard InChI is InChI=1S/C20H22N2O3/c1-14-4-3-5-18(12-14)25-17-8-6-15(7-9-17)20(24)22-11-10-16(13-22)19(23)21-2/h3-9,12,16H,10-11,13H2,1-2H3,(H,21,23). The molecule has 1 aliphatic heterocycles. The number of hydrogen-bond donors (Lipinski definition) is 1. The van der Waals surface area contributed by atoms with Gasteiger partial charge in [-0.2, -0.15) is 0 Å². The number of hydrogen-bond acceptors (Lipinski definition) is 3. The number of carbonyl (C=O) groups excluding carboxylic acids is 2. The summed E-state index contributed by atoms with van der Waals surface area (Å²) in [6.45, 7) is 3.09. The fourth-order valence-corrected chi connectivity index (χ4v) is 3.03. The summed E-state index contributed by atoms with van der Waals surface area (Å²) in [4.78, 5) is 26.0. The van der Waals surface area contributed by atoms with Crippen LogP contribution in [0.4, 0.5) is 0 Å². The minimum Gasteiger partial charge on any atom is -0.457 e. The van der Waals surface area contributed by atoms with Gasteiger partial charge in [0.2, 0.25) is 5.91 Å². The van der Waals surface area contributed by atoms with E-state index in [9.17, 15) is 9.59 Å². The largest absolute Gasteiger partial charge is 0.457 e. The number of carbonyl (C=O) groups is 2. The highest BCUT2D eigenvalue weighted by Gasteiger charge is 2.30. The van der Waals surface area contributed by atoms with E-state index < -0.39 is 0 Å². The summed E-state index contributed by atoms with van der Waals surface area (Å²) in [5.74, 6) is 1.29. The Hall–Kier alpha value is -2.82. The molecular weight excluding hydrogens is 316 g/mol. The number of aryl methyl sites for hydroxylation is 1. The van der Waals surface area contributed by atoms with Gasteiger partial charge in [0, 0.05) is 25.7 Å². The highest BCUT2D eigenvalue weighted by Crippen LogP contribution is 2.24. The smallest absolute Gasteiger partial charge is 0.253 e. The van der Waals surface area contributed by atoms with Crippen LogP contribution in [0.5, 0.6) is 11.5 Å². The molecule has 0 aromatic heterocycles. The number of ether oxygens (including phenoxy) is 1. The molecule has 3 rings (SSSR count). The van der Waals surface area contributed by atoms with Crippen LogP contribution in [0, 0.1) is 12.8 Å². The van der Waals surface area contributed by atoms with Crippen molar-refractivity contribution in [1.29, 1.82) is 0 Å². The lowest BCUT2D eigenvalue weighted by Crippen LogP contribution is -2.33. The zero-order valence-electron chi connectivity index (χ0n) is 14.5. The van der Waals surface area contributed by atoms with E-state index in [0.717, 1.165) is 11.3 Å². The molecule has 1 heterocycles. The summed E-state index contributed by atoms with van der Waals surface area (Å²) in [7, 11) is 1.62. The third-order valence-electron chi connectivity index (χ3n) is 4.42. The van der Waals surface area contributed by atoms with Crippen LogP contribution in [0.1, 0.15) is 22.3 Å². The predicted molar refractivity (Wildman–Crippen MR) is 95.8 cm³/mol. The van der Waals surface area contributed by atoms with Crippen molar-refractivity contribution in [2.45, 2.75) is 13.3 Å². The topological polar surface area (TPSA) is 58.6 Å². The molecule has 2 amide bonds. The molecule has 0 radical (unpaired) electrons. The zero-order valence-corrected chi connectivity index (χ0v) is 14.5. The fourth-order valence-electron chi connectivity index (χ4n) is 3.03. The summed E-state index contributed by atoms with van der Waals surface area (Å²) in [5.41, 5.74) is 1.73. The predicted octanol–water partition coefficient (Wildman–Crippen LogP) is 3.00. The van der Waals surface area contributed by atoms with Crippen LogP contribution in [0.3, 0.4) is 0 Å². The lowest BCUT2D eigenvalue weighted by atomic mass is 10.1. The van der Waals surface area contributed by atoms with E-state index >= 15 is 0 Å². The average Bonchev–Trinajstić information content (AvgIpc) is 3.11. The summed E-state index contributed by atoms with van der Waals surface area (Å²) in [6, 6.07) is 14.9. The first-order valence-corrected chi connectivity index (χ1v) is 8.42. The highest BCUT2D eigenvalue weighted by atomic mass is 16.5. The van der Waals surface area contributed by atoms with Gasteiger partial charge in [0.15, 0.2) is 0 Å². The van der Waals surface area contributed by atoms with Crippen molar-refractivity contribution in [1.82, 2.24) is 10.2 Å². The van der Waals surface area contributed by atoms with Crippen LogP contribution in [0.25, 0.3) is 0 Å². The molecule has 130 valence electrons. The minimum atomic E-state index is -0.113.